The van der Waals surface area contributed by atoms with E-state index in [0.29, 0.717) is 30.9 Å². The summed E-state index contributed by atoms with van der Waals surface area (Å²) in [5.41, 5.74) is 0.440. The van der Waals surface area contributed by atoms with Gasteiger partial charge in [-0.1, -0.05) is 0 Å². The summed E-state index contributed by atoms with van der Waals surface area (Å²) in [5.74, 6) is 0.729. The third kappa shape index (κ3) is 4.52. The first kappa shape index (κ1) is 17.3. The van der Waals surface area contributed by atoms with Gasteiger partial charge in [0, 0.05) is 45.1 Å². The molecule has 1 aliphatic rings. The van der Waals surface area contributed by atoms with Crippen molar-refractivity contribution in [3.63, 3.8) is 0 Å². The van der Waals surface area contributed by atoms with Crippen LogP contribution in [0.3, 0.4) is 0 Å². The predicted molar refractivity (Wildman–Crippen MR) is 92.6 cm³/mol. The molecule has 1 N–H and O–H groups in total. The Hall–Kier alpha value is -2.51. The molecule has 1 aliphatic heterocycles. The highest BCUT2D eigenvalue weighted by Gasteiger charge is 2.25. The molecule has 1 unspecified atom stereocenters. The summed E-state index contributed by atoms with van der Waals surface area (Å²) in [4.78, 5) is 25.0. The molecule has 0 bridgehead atoms. The molecule has 1 saturated heterocycles. The molecule has 3 heterocycles. The minimum atomic E-state index is -0.361. The number of piperazine rings is 1. The third-order valence-electron chi connectivity index (χ3n) is 4.03. The van der Waals surface area contributed by atoms with Gasteiger partial charge in [-0.05, 0) is 31.2 Å². The Kier molecular flexibility index (Phi) is 5.57. The van der Waals surface area contributed by atoms with Crippen molar-refractivity contribution in [2.24, 2.45) is 0 Å². The Morgan fingerprint density at radius 3 is 2.68 bits per heavy atom. The lowest BCUT2D eigenvalue weighted by molar-refractivity contribution is 0.0551. The molecule has 2 aromatic rings. The highest BCUT2D eigenvalue weighted by atomic mass is 16.5. The summed E-state index contributed by atoms with van der Waals surface area (Å²) in [6.07, 6.45) is 4.48. The van der Waals surface area contributed by atoms with Crippen LogP contribution in [-0.4, -0.2) is 69.6 Å². The van der Waals surface area contributed by atoms with Gasteiger partial charge in [0.2, 0.25) is 5.88 Å². The van der Waals surface area contributed by atoms with Crippen LogP contribution >= 0.6 is 0 Å². The molecule has 1 fully saturated rings. The minimum Gasteiger partial charge on any atom is -0.437 e. The minimum absolute atomic E-state index is 0.0938. The topological polar surface area (TPSA) is 78.8 Å². The van der Waals surface area contributed by atoms with Gasteiger partial charge in [-0.3, -0.25) is 14.7 Å². The van der Waals surface area contributed by atoms with Crippen molar-refractivity contribution < 1.29 is 14.6 Å². The van der Waals surface area contributed by atoms with Crippen LogP contribution in [0.4, 0.5) is 0 Å². The van der Waals surface area contributed by atoms with Crippen LogP contribution < -0.4 is 4.74 Å². The number of aromatic nitrogens is 2. The van der Waals surface area contributed by atoms with Gasteiger partial charge in [-0.2, -0.15) is 0 Å². The smallest absolute Gasteiger partial charge is 0.259 e. The fraction of sp³-hybridized carbons (Fsp3) is 0.389. The van der Waals surface area contributed by atoms with E-state index in [1.807, 2.05) is 0 Å². The zero-order chi connectivity index (χ0) is 17.6. The van der Waals surface area contributed by atoms with E-state index in [-0.39, 0.29) is 17.9 Å². The number of ether oxygens (including phenoxy) is 1. The van der Waals surface area contributed by atoms with Gasteiger partial charge in [0.1, 0.15) is 11.3 Å². The molecule has 0 aromatic carbocycles. The first-order chi connectivity index (χ1) is 12.1. The van der Waals surface area contributed by atoms with E-state index < -0.39 is 0 Å². The van der Waals surface area contributed by atoms with Crippen LogP contribution in [0.25, 0.3) is 0 Å². The van der Waals surface area contributed by atoms with Crippen LogP contribution in [0.2, 0.25) is 0 Å². The van der Waals surface area contributed by atoms with Crippen molar-refractivity contribution in [2.75, 3.05) is 32.7 Å². The molecule has 7 heteroatoms. The lowest BCUT2D eigenvalue weighted by Gasteiger charge is -2.35. The number of amides is 1. The molecule has 1 atom stereocenters. The highest BCUT2D eigenvalue weighted by molar-refractivity contribution is 5.96. The monoisotopic (exact) mass is 342 g/mol. The fourth-order valence-corrected chi connectivity index (χ4v) is 2.83. The fourth-order valence-electron chi connectivity index (χ4n) is 2.83. The maximum Gasteiger partial charge on any atom is 0.259 e. The summed E-state index contributed by atoms with van der Waals surface area (Å²) in [5, 5.41) is 9.48. The van der Waals surface area contributed by atoms with E-state index in [9.17, 15) is 9.90 Å². The molecule has 0 aliphatic carbocycles. The first-order valence-corrected chi connectivity index (χ1v) is 8.36. The quantitative estimate of drug-likeness (QED) is 0.885. The molecule has 2 aromatic heterocycles. The summed E-state index contributed by atoms with van der Waals surface area (Å²) in [7, 11) is 0. The number of β-amino-alcohol motifs (C(OH)–C–C–N with tert-alkyl or cyclic N) is 1. The number of pyridine rings is 2. The highest BCUT2D eigenvalue weighted by Crippen LogP contribution is 2.23. The largest absolute Gasteiger partial charge is 0.437 e. The van der Waals surface area contributed by atoms with Gasteiger partial charge in [0.15, 0.2) is 0 Å². The number of carbonyl (C=O) groups excluding carboxylic acids is 1. The van der Waals surface area contributed by atoms with Gasteiger partial charge in [-0.15, -0.1) is 0 Å². The zero-order valence-electron chi connectivity index (χ0n) is 14.2. The maximum atomic E-state index is 12.9. The van der Waals surface area contributed by atoms with Gasteiger partial charge < -0.3 is 14.7 Å². The summed E-state index contributed by atoms with van der Waals surface area (Å²) in [6.45, 7) is 5.13. The normalized spacial score (nSPS) is 16.5. The Balaban J connectivity index is 1.69. The number of aliphatic hydroxyl groups excluding tert-OH is 1. The summed E-state index contributed by atoms with van der Waals surface area (Å²) >= 11 is 0. The van der Waals surface area contributed by atoms with Gasteiger partial charge >= 0.3 is 0 Å². The standard InChI is InChI=1S/C18H22N4O3/c1-14(23)13-21-8-10-22(11-9-21)18(24)16-5-3-7-20-17(16)25-15-4-2-6-19-12-15/h2-7,12,14,23H,8-11,13H2,1H3. The van der Waals surface area contributed by atoms with Crippen LogP contribution in [0.15, 0.2) is 42.9 Å². The Labute approximate surface area is 146 Å². The van der Waals surface area contributed by atoms with Crippen molar-refractivity contribution in [3.8, 4) is 11.6 Å². The second kappa shape index (κ2) is 8.04. The van der Waals surface area contributed by atoms with Crippen LogP contribution in [-0.2, 0) is 0 Å². The number of nitrogens with zero attached hydrogens (tertiary/aromatic N) is 4. The molecule has 0 spiro atoms. The summed E-state index contributed by atoms with van der Waals surface area (Å²) < 4.78 is 5.73. The molecular formula is C18H22N4O3. The molecule has 1 amide bonds. The molecule has 3 rings (SSSR count). The Bertz CT molecular complexity index is 700. The molecule has 0 saturated carbocycles. The Morgan fingerprint density at radius 2 is 2.00 bits per heavy atom. The van der Waals surface area contributed by atoms with Crippen LogP contribution in [0.5, 0.6) is 11.6 Å². The van der Waals surface area contributed by atoms with Crippen molar-refractivity contribution in [1.29, 1.82) is 0 Å². The second-order valence-corrected chi connectivity index (χ2v) is 6.09. The van der Waals surface area contributed by atoms with E-state index in [4.69, 9.17) is 4.74 Å². The number of hydrogen-bond donors (Lipinski definition) is 1. The van der Waals surface area contributed by atoms with Gasteiger partial charge in [-0.25, -0.2) is 4.98 Å². The van der Waals surface area contributed by atoms with Crippen LogP contribution in [0, 0.1) is 0 Å². The lowest BCUT2D eigenvalue weighted by Crippen LogP contribution is -2.50. The predicted octanol–water partition coefficient (Wildman–Crippen LogP) is 1.41. The van der Waals surface area contributed by atoms with E-state index in [1.54, 1.807) is 54.7 Å². The van der Waals surface area contributed by atoms with Crippen molar-refractivity contribution in [2.45, 2.75) is 13.0 Å². The van der Waals surface area contributed by atoms with Crippen molar-refractivity contribution in [1.82, 2.24) is 19.8 Å². The van der Waals surface area contributed by atoms with E-state index in [2.05, 4.69) is 14.9 Å². The third-order valence-corrected chi connectivity index (χ3v) is 4.03. The van der Waals surface area contributed by atoms with Gasteiger partial charge in [0.05, 0.1) is 12.3 Å². The van der Waals surface area contributed by atoms with E-state index >= 15 is 0 Å². The number of aliphatic hydroxyl groups is 1. The maximum absolute atomic E-state index is 12.9. The number of carbonyl (C=O) groups is 1. The molecule has 0 radical (unpaired) electrons. The zero-order valence-corrected chi connectivity index (χ0v) is 14.2. The SMILES string of the molecule is CC(O)CN1CCN(C(=O)c2cccnc2Oc2cccnc2)CC1. The van der Waals surface area contributed by atoms with E-state index in [0.717, 1.165) is 13.1 Å². The lowest BCUT2D eigenvalue weighted by atomic mass is 10.2. The van der Waals surface area contributed by atoms with E-state index in [1.165, 1.54) is 0 Å². The Morgan fingerprint density at radius 1 is 1.24 bits per heavy atom. The average Bonchev–Trinajstić information content (AvgIpc) is 2.63. The molecule has 132 valence electrons. The number of hydrogen-bond acceptors (Lipinski definition) is 6. The summed E-state index contributed by atoms with van der Waals surface area (Å²) in [6, 6.07) is 6.99. The molecule has 7 nitrogen and oxygen atoms in total. The first-order valence-electron chi connectivity index (χ1n) is 8.36. The number of rotatable bonds is 5. The second-order valence-electron chi connectivity index (χ2n) is 6.09. The molecule has 25 heavy (non-hydrogen) atoms. The van der Waals surface area contributed by atoms with Crippen molar-refractivity contribution >= 4 is 5.91 Å². The average molecular weight is 342 g/mol. The van der Waals surface area contributed by atoms with Gasteiger partial charge in [0.25, 0.3) is 5.91 Å². The van der Waals surface area contributed by atoms with Crippen LogP contribution in [0.1, 0.15) is 17.3 Å². The van der Waals surface area contributed by atoms with Crippen molar-refractivity contribution in [3.05, 3.63) is 48.4 Å². The molecular weight excluding hydrogens is 320 g/mol.